The number of aliphatic hydroxyl groups is 1. The maximum Gasteiger partial charge on any atom is 0.0894 e. The van der Waals surface area contributed by atoms with Crippen molar-refractivity contribution in [2.75, 3.05) is 13.3 Å². The van der Waals surface area contributed by atoms with Crippen molar-refractivity contribution in [1.29, 1.82) is 0 Å². The van der Waals surface area contributed by atoms with Crippen molar-refractivity contribution in [1.82, 2.24) is 0 Å². The van der Waals surface area contributed by atoms with Crippen molar-refractivity contribution in [2.45, 2.75) is 79.1 Å². The topological polar surface area (TPSA) is 20.2 Å². The van der Waals surface area contributed by atoms with Gasteiger partial charge in [-0.25, -0.2) is 0 Å². The van der Waals surface area contributed by atoms with E-state index in [4.69, 9.17) is 5.11 Å². The van der Waals surface area contributed by atoms with Gasteiger partial charge in [0.05, 0.1) is 6.67 Å². The fourth-order valence-corrected chi connectivity index (χ4v) is 1.05. The van der Waals surface area contributed by atoms with Crippen LogP contribution in [-0.4, -0.2) is 18.4 Å². The van der Waals surface area contributed by atoms with Crippen LogP contribution in [0, 0.1) is 0 Å². The van der Waals surface area contributed by atoms with Crippen LogP contribution in [-0.2, 0) is 0 Å². The minimum Gasteiger partial charge on any atom is -0.396 e. The molecule has 0 atom stereocenters. The fourth-order valence-electron chi connectivity index (χ4n) is 1.05. The van der Waals surface area contributed by atoms with E-state index in [0.29, 0.717) is 6.61 Å². The first-order valence-electron chi connectivity index (χ1n) is 7.00. The quantitative estimate of drug-likeness (QED) is 0.580. The predicted octanol–water partition coefficient (Wildman–Crippen LogP) is 5.12. The summed E-state index contributed by atoms with van der Waals surface area (Å²) in [6.07, 6.45) is 9.23. The van der Waals surface area contributed by atoms with Crippen molar-refractivity contribution >= 4 is 0 Å². The van der Waals surface area contributed by atoms with Crippen LogP contribution >= 0.6 is 0 Å². The maximum absolute atomic E-state index is 11.6. The minimum absolute atomic E-state index is 0.131. The highest BCUT2D eigenvalue weighted by atomic mass is 19.1. The molecule has 0 fully saturated rings. The summed E-state index contributed by atoms with van der Waals surface area (Å²) in [6, 6.07) is 0. The summed E-state index contributed by atoms with van der Waals surface area (Å²) < 4.78 is 11.6. The van der Waals surface area contributed by atoms with Crippen LogP contribution in [0.1, 0.15) is 79.1 Å². The monoisotopic (exact) mass is 236 g/mol. The molecule has 0 aromatic rings. The van der Waals surface area contributed by atoms with E-state index in [9.17, 15) is 4.39 Å². The minimum atomic E-state index is -0.131. The van der Waals surface area contributed by atoms with E-state index in [2.05, 4.69) is 6.92 Å². The van der Waals surface area contributed by atoms with Gasteiger partial charge in [-0.3, -0.25) is 4.39 Å². The highest BCUT2D eigenvalue weighted by Gasteiger charge is 1.88. The normalized spacial score (nSPS) is 8.62. The lowest BCUT2D eigenvalue weighted by Gasteiger charge is -1.96. The SMILES string of the molecule is CC.CCCCCCCCCF.CCCO. The zero-order chi connectivity index (χ0) is 13.1. The summed E-state index contributed by atoms with van der Waals surface area (Å²) in [5, 5.41) is 7.88. The fraction of sp³-hybridized carbons (Fsp3) is 1.00. The molecular weight excluding hydrogens is 203 g/mol. The van der Waals surface area contributed by atoms with Crippen LogP contribution in [0.3, 0.4) is 0 Å². The molecule has 16 heavy (non-hydrogen) atoms. The van der Waals surface area contributed by atoms with Gasteiger partial charge in [0.15, 0.2) is 0 Å². The summed E-state index contributed by atoms with van der Waals surface area (Å²) in [5.41, 5.74) is 0. The van der Waals surface area contributed by atoms with Crippen molar-refractivity contribution in [2.24, 2.45) is 0 Å². The second-order valence-corrected chi connectivity index (χ2v) is 3.53. The summed E-state index contributed by atoms with van der Waals surface area (Å²) in [5.74, 6) is 0. The highest BCUT2D eigenvalue weighted by molar-refractivity contribution is 4.43. The van der Waals surface area contributed by atoms with E-state index in [0.717, 1.165) is 19.3 Å². The number of hydrogen-bond donors (Lipinski definition) is 1. The van der Waals surface area contributed by atoms with Gasteiger partial charge in [-0.1, -0.05) is 66.2 Å². The number of halogens is 1. The first-order valence-corrected chi connectivity index (χ1v) is 7.00. The standard InChI is InChI=1S/C9H19F.C3H8O.C2H6/c1-2-3-4-5-6-7-8-9-10;1-2-3-4;1-2/h2-9H2,1H3;4H,2-3H2,1H3;1-2H3. The third-order valence-electron chi connectivity index (χ3n) is 1.96. The van der Waals surface area contributed by atoms with Crippen LogP contribution in [0.2, 0.25) is 0 Å². The van der Waals surface area contributed by atoms with Gasteiger partial charge >= 0.3 is 0 Å². The summed E-state index contributed by atoms with van der Waals surface area (Å²) in [6.45, 7) is 8.33. The third-order valence-corrected chi connectivity index (χ3v) is 1.96. The van der Waals surface area contributed by atoms with Gasteiger partial charge in [0.1, 0.15) is 0 Å². The lowest BCUT2D eigenvalue weighted by molar-refractivity contribution is 0.295. The molecule has 102 valence electrons. The second kappa shape index (κ2) is 29.4. The molecule has 0 aromatic heterocycles. The first-order chi connectivity index (χ1) is 7.83. The molecule has 0 saturated heterocycles. The zero-order valence-electron chi connectivity index (χ0n) is 11.9. The van der Waals surface area contributed by atoms with Crippen molar-refractivity contribution < 1.29 is 9.50 Å². The molecule has 2 heteroatoms. The second-order valence-electron chi connectivity index (χ2n) is 3.53. The van der Waals surface area contributed by atoms with Gasteiger partial charge in [0, 0.05) is 6.61 Å². The summed E-state index contributed by atoms with van der Waals surface area (Å²) >= 11 is 0. The van der Waals surface area contributed by atoms with E-state index in [1.54, 1.807) is 0 Å². The number of aliphatic hydroxyl groups excluding tert-OH is 1. The average Bonchev–Trinajstić information content (AvgIpc) is 2.36. The first kappa shape index (κ1) is 21.2. The molecule has 0 radical (unpaired) electrons. The third kappa shape index (κ3) is 37.1. The Balaban J connectivity index is -0.000000237. The number of unbranched alkanes of at least 4 members (excludes halogenated alkanes) is 6. The number of alkyl halides is 1. The molecule has 0 aromatic carbocycles. The smallest absolute Gasteiger partial charge is 0.0894 e. The molecule has 0 heterocycles. The Morgan fingerprint density at radius 3 is 1.44 bits per heavy atom. The summed E-state index contributed by atoms with van der Waals surface area (Å²) in [7, 11) is 0. The van der Waals surface area contributed by atoms with Gasteiger partial charge in [-0.05, 0) is 12.8 Å². The molecular formula is C14H33FO. The van der Waals surface area contributed by atoms with E-state index in [-0.39, 0.29) is 6.67 Å². The van der Waals surface area contributed by atoms with Crippen LogP contribution in [0.15, 0.2) is 0 Å². The van der Waals surface area contributed by atoms with Gasteiger partial charge < -0.3 is 5.11 Å². The molecule has 0 unspecified atom stereocenters. The molecule has 0 aliphatic rings. The molecule has 0 spiro atoms. The molecule has 0 aliphatic carbocycles. The Morgan fingerprint density at radius 1 is 0.750 bits per heavy atom. The van der Waals surface area contributed by atoms with E-state index < -0.39 is 0 Å². The molecule has 1 nitrogen and oxygen atoms in total. The summed E-state index contributed by atoms with van der Waals surface area (Å²) in [4.78, 5) is 0. The van der Waals surface area contributed by atoms with Crippen LogP contribution in [0.4, 0.5) is 4.39 Å². The van der Waals surface area contributed by atoms with Crippen molar-refractivity contribution in [3.63, 3.8) is 0 Å². The van der Waals surface area contributed by atoms with E-state index >= 15 is 0 Å². The Bertz CT molecular complexity index is 67.1. The van der Waals surface area contributed by atoms with Crippen molar-refractivity contribution in [3.8, 4) is 0 Å². The van der Waals surface area contributed by atoms with E-state index in [1.807, 2.05) is 20.8 Å². The van der Waals surface area contributed by atoms with Crippen LogP contribution in [0.5, 0.6) is 0 Å². The lowest BCUT2D eigenvalue weighted by atomic mass is 10.1. The maximum atomic E-state index is 11.6. The van der Waals surface area contributed by atoms with Gasteiger partial charge in [0.2, 0.25) is 0 Å². The molecule has 0 rings (SSSR count). The molecule has 1 N–H and O–H groups in total. The number of hydrogen-bond acceptors (Lipinski definition) is 1. The van der Waals surface area contributed by atoms with Gasteiger partial charge in [-0.15, -0.1) is 0 Å². The average molecular weight is 236 g/mol. The lowest BCUT2D eigenvalue weighted by Crippen LogP contribution is -1.80. The van der Waals surface area contributed by atoms with Gasteiger partial charge in [0.25, 0.3) is 0 Å². The molecule has 0 saturated carbocycles. The van der Waals surface area contributed by atoms with E-state index in [1.165, 1.54) is 32.1 Å². The Morgan fingerprint density at radius 2 is 1.12 bits per heavy atom. The van der Waals surface area contributed by atoms with Crippen LogP contribution < -0.4 is 0 Å². The van der Waals surface area contributed by atoms with Crippen molar-refractivity contribution in [3.05, 3.63) is 0 Å². The Labute approximate surface area is 102 Å². The van der Waals surface area contributed by atoms with Gasteiger partial charge in [-0.2, -0.15) is 0 Å². The Kier molecular flexibility index (Phi) is 38.9. The zero-order valence-corrected chi connectivity index (χ0v) is 11.9. The number of rotatable bonds is 8. The molecule has 0 aliphatic heterocycles. The predicted molar refractivity (Wildman–Crippen MR) is 72.7 cm³/mol. The molecule has 0 amide bonds. The highest BCUT2D eigenvalue weighted by Crippen LogP contribution is 2.06. The Hall–Kier alpha value is -0.110. The molecule has 0 bridgehead atoms. The largest absolute Gasteiger partial charge is 0.396 e. The van der Waals surface area contributed by atoms with Crippen LogP contribution in [0.25, 0.3) is 0 Å².